The van der Waals surface area contributed by atoms with Crippen LogP contribution in [0.2, 0.25) is 0 Å². The molecular formula is C9H18N4O. The van der Waals surface area contributed by atoms with Gasteiger partial charge in [-0.25, -0.2) is 4.68 Å². The summed E-state index contributed by atoms with van der Waals surface area (Å²) in [5.41, 5.74) is 6.22. The van der Waals surface area contributed by atoms with Gasteiger partial charge in [0, 0.05) is 19.3 Å². The number of rotatable bonds is 6. The molecule has 0 aliphatic carbocycles. The lowest BCUT2D eigenvalue weighted by molar-refractivity contribution is 0.101. The quantitative estimate of drug-likeness (QED) is 0.672. The van der Waals surface area contributed by atoms with Crippen molar-refractivity contribution in [3.63, 3.8) is 0 Å². The second-order valence-electron chi connectivity index (χ2n) is 3.65. The maximum atomic E-state index is 5.42. The summed E-state index contributed by atoms with van der Waals surface area (Å²) in [4.78, 5) is 0. The van der Waals surface area contributed by atoms with E-state index in [2.05, 4.69) is 24.2 Å². The number of hydrogen-bond acceptors (Lipinski definition) is 4. The van der Waals surface area contributed by atoms with Gasteiger partial charge in [-0.05, 0) is 5.92 Å². The summed E-state index contributed by atoms with van der Waals surface area (Å²) < 4.78 is 7.17. The van der Waals surface area contributed by atoms with Crippen molar-refractivity contribution < 1.29 is 4.74 Å². The van der Waals surface area contributed by atoms with Gasteiger partial charge < -0.3 is 10.5 Å². The summed E-state index contributed by atoms with van der Waals surface area (Å²) in [6.45, 7) is 6.89. The molecule has 0 spiro atoms. The molecule has 14 heavy (non-hydrogen) atoms. The van der Waals surface area contributed by atoms with Crippen LogP contribution < -0.4 is 5.73 Å². The summed E-state index contributed by atoms with van der Waals surface area (Å²) >= 11 is 0. The van der Waals surface area contributed by atoms with Crippen LogP contribution in [-0.2, 0) is 17.8 Å². The van der Waals surface area contributed by atoms with Crippen LogP contribution in [0.15, 0.2) is 6.20 Å². The van der Waals surface area contributed by atoms with Crippen molar-refractivity contribution in [2.45, 2.75) is 26.9 Å². The van der Waals surface area contributed by atoms with Crippen molar-refractivity contribution in [2.75, 3.05) is 13.2 Å². The fourth-order valence-corrected chi connectivity index (χ4v) is 1.02. The van der Waals surface area contributed by atoms with Gasteiger partial charge in [-0.15, -0.1) is 5.10 Å². The highest BCUT2D eigenvalue weighted by Gasteiger charge is 1.98. The fourth-order valence-electron chi connectivity index (χ4n) is 1.02. The lowest BCUT2D eigenvalue weighted by Crippen LogP contribution is -2.09. The number of nitrogens with zero attached hydrogens (tertiary/aromatic N) is 3. The highest BCUT2D eigenvalue weighted by molar-refractivity contribution is 4.90. The molecule has 1 aromatic heterocycles. The summed E-state index contributed by atoms with van der Waals surface area (Å²) in [6, 6.07) is 0. The minimum Gasteiger partial charge on any atom is -0.379 e. The molecule has 0 bridgehead atoms. The van der Waals surface area contributed by atoms with E-state index in [0.717, 1.165) is 18.8 Å². The van der Waals surface area contributed by atoms with Gasteiger partial charge in [-0.2, -0.15) is 0 Å². The summed E-state index contributed by atoms with van der Waals surface area (Å²) in [7, 11) is 0. The Morgan fingerprint density at radius 3 is 2.93 bits per heavy atom. The highest BCUT2D eigenvalue weighted by Crippen LogP contribution is 1.94. The highest BCUT2D eigenvalue weighted by atomic mass is 16.5. The molecule has 0 atom stereocenters. The third-order valence-electron chi connectivity index (χ3n) is 1.71. The Balaban J connectivity index is 2.18. The average Bonchev–Trinajstić information content (AvgIpc) is 2.60. The van der Waals surface area contributed by atoms with Gasteiger partial charge in [-0.1, -0.05) is 19.1 Å². The molecule has 1 aromatic rings. The van der Waals surface area contributed by atoms with Gasteiger partial charge >= 0.3 is 0 Å². The predicted octanol–water partition coefficient (Wildman–Crippen LogP) is 0.409. The Kier molecular flexibility index (Phi) is 4.55. The number of aromatic nitrogens is 3. The first kappa shape index (κ1) is 11.1. The molecule has 0 saturated heterocycles. The topological polar surface area (TPSA) is 66.0 Å². The van der Waals surface area contributed by atoms with Crippen molar-refractivity contribution in [3.05, 3.63) is 11.9 Å². The molecule has 80 valence electrons. The van der Waals surface area contributed by atoms with E-state index in [9.17, 15) is 0 Å². The molecule has 0 fully saturated rings. The molecule has 1 heterocycles. The molecule has 5 heteroatoms. The molecule has 0 aromatic carbocycles. The first-order chi connectivity index (χ1) is 6.72. The van der Waals surface area contributed by atoms with E-state index < -0.39 is 0 Å². The summed E-state index contributed by atoms with van der Waals surface area (Å²) in [6.07, 6.45) is 1.85. The van der Waals surface area contributed by atoms with Gasteiger partial charge in [0.25, 0.3) is 0 Å². The maximum Gasteiger partial charge on any atom is 0.0962 e. The van der Waals surface area contributed by atoms with E-state index in [1.807, 2.05) is 6.20 Å². The molecule has 0 saturated carbocycles. The summed E-state index contributed by atoms with van der Waals surface area (Å²) in [5, 5.41) is 7.79. The van der Waals surface area contributed by atoms with Crippen molar-refractivity contribution in [3.8, 4) is 0 Å². The van der Waals surface area contributed by atoms with E-state index in [1.54, 1.807) is 4.68 Å². The normalized spacial score (nSPS) is 11.1. The third-order valence-corrected chi connectivity index (χ3v) is 1.71. The minimum absolute atomic E-state index is 0.437. The van der Waals surface area contributed by atoms with Crippen LogP contribution in [0.25, 0.3) is 0 Å². The van der Waals surface area contributed by atoms with Crippen molar-refractivity contribution in [2.24, 2.45) is 11.7 Å². The largest absolute Gasteiger partial charge is 0.379 e. The molecule has 0 amide bonds. The second-order valence-corrected chi connectivity index (χ2v) is 3.65. The molecule has 0 aliphatic heterocycles. The zero-order valence-corrected chi connectivity index (χ0v) is 8.81. The predicted molar refractivity (Wildman–Crippen MR) is 53.6 cm³/mol. The Morgan fingerprint density at radius 1 is 1.57 bits per heavy atom. The SMILES string of the molecule is CC(C)COCCn1cc(CN)nn1. The minimum atomic E-state index is 0.437. The molecule has 0 unspecified atom stereocenters. The smallest absolute Gasteiger partial charge is 0.0962 e. The van der Waals surface area contributed by atoms with E-state index >= 15 is 0 Å². The van der Waals surface area contributed by atoms with E-state index in [-0.39, 0.29) is 0 Å². The standard InChI is InChI=1S/C9H18N4O/c1-8(2)7-14-4-3-13-6-9(5-10)11-12-13/h6,8H,3-5,7,10H2,1-2H3. The lowest BCUT2D eigenvalue weighted by atomic mass is 10.2. The molecular weight excluding hydrogens is 180 g/mol. The number of nitrogens with two attached hydrogens (primary N) is 1. The second kappa shape index (κ2) is 5.72. The lowest BCUT2D eigenvalue weighted by Gasteiger charge is -2.05. The van der Waals surface area contributed by atoms with Gasteiger partial charge in [0.05, 0.1) is 18.8 Å². The van der Waals surface area contributed by atoms with Crippen LogP contribution in [0, 0.1) is 5.92 Å². The molecule has 0 aliphatic rings. The van der Waals surface area contributed by atoms with E-state index in [0.29, 0.717) is 19.1 Å². The fraction of sp³-hybridized carbons (Fsp3) is 0.778. The summed E-state index contributed by atoms with van der Waals surface area (Å²) in [5.74, 6) is 0.574. The van der Waals surface area contributed by atoms with E-state index in [4.69, 9.17) is 10.5 Å². The monoisotopic (exact) mass is 198 g/mol. The Labute approximate surface area is 84.2 Å². The Morgan fingerprint density at radius 2 is 2.36 bits per heavy atom. The first-order valence-electron chi connectivity index (χ1n) is 4.89. The van der Waals surface area contributed by atoms with Gasteiger partial charge in [0.1, 0.15) is 0 Å². The van der Waals surface area contributed by atoms with E-state index in [1.165, 1.54) is 0 Å². The van der Waals surface area contributed by atoms with Crippen LogP contribution in [-0.4, -0.2) is 28.2 Å². The van der Waals surface area contributed by atoms with Gasteiger partial charge in [-0.3, -0.25) is 0 Å². The van der Waals surface area contributed by atoms with Crippen LogP contribution in [0.5, 0.6) is 0 Å². The van der Waals surface area contributed by atoms with Crippen LogP contribution in [0.3, 0.4) is 0 Å². The Bertz CT molecular complexity index is 259. The Hall–Kier alpha value is -0.940. The van der Waals surface area contributed by atoms with Crippen molar-refractivity contribution in [1.29, 1.82) is 0 Å². The maximum absolute atomic E-state index is 5.42. The van der Waals surface area contributed by atoms with Crippen LogP contribution in [0.1, 0.15) is 19.5 Å². The molecule has 0 radical (unpaired) electrons. The molecule has 2 N–H and O–H groups in total. The average molecular weight is 198 g/mol. The van der Waals surface area contributed by atoms with Gasteiger partial charge in [0.2, 0.25) is 0 Å². The molecule has 1 rings (SSSR count). The van der Waals surface area contributed by atoms with Crippen LogP contribution >= 0.6 is 0 Å². The number of ether oxygens (including phenoxy) is 1. The van der Waals surface area contributed by atoms with Crippen LogP contribution in [0.4, 0.5) is 0 Å². The zero-order chi connectivity index (χ0) is 10.4. The number of hydrogen-bond donors (Lipinski definition) is 1. The third kappa shape index (κ3) is 3.85. The zero-order valence-electron chi connectivity index (χ0n) is 8.81. The van der Waals surface area contributed by atoms with Gasteiger partial charge in [0.15, 0.2) is 0 Å². The van der Waals surface area contributed by atoms with Crippen molar-refractivity contribution >= 4 is 0 Å². The molecule has 5 nitrogen and oxygen atoms in total. The van der Waals surface area contributed by atoms with Crippen molar-refractivity contribution in [1.82, 2.24) is 15.0 Å². The first-order valence-corrected chi connectivity index (χ1v) is 4.89.